The Hall–Kier alpha value is -2.76. The van der Waals surface area contributed by atoms with Crippen LogP contribution >= 0.6 is 0 Å². The van der Waals surface area contributed by atoms with Gasteiger partial charge in [0.25, 0.3) is 0 Å². The molecule has 0 saturated carbocycles. The van der Waals surface area contributed by atoms with Crippen molar-refractivity contribution < 1.29 is 14.0 Å². The SMILES string of the molecule is C[C@@H](CCc1ccco1)NC(=O)NCCc1cccc(C(N)=O)c1. The molecule has 0 saturated heterocycles. The van der Waals surface area contributed by atoms with Crippen molar-refractivity contribution in [3.63, 3.8) is 0 Å². The highest BCUT2D eigenvalue weighted by Crippen LogP contribution is 2.06. The van der Waals surface area contributed by atoms with Crippen LogP contribution in [0.3, 0.4) is 0 Å². The number of urea groups is 1. The number of nitrogens with two attached hydrogens (primary N) is 1. The number of benzene rings is 1. The Balaban J connectivity index is 1.67. The molecule has 6 heteroatoms. The van der Waals surface area contributed by atoms with Crippen molar-refractivity contribution in [1.29, 1.82) is 0 Å². The van der Waals surface area contributed by atoms with Crippen LogP contribution in [0.1, 0.15) is 35.0 Å². The van der Waals surface area contributed by atoms with Crippen molar-refractivity contribution in [2.24, 2.45) is 5.73 Å². The highest BCUT2D eigenvalue weighted by Gasteiger charge is 2.08. The number of carbonyl (C=O) groups excluding carboxylic acids is 2. The summed E-state index contributed by atoms with van der Waals surface area (Å²) in [6.07, 6.45) is 3.87. The van der Waals surface area contributed by atoms with Gasteiger partial charge in [-0.05, 0) is 49.6 Å². The van der Waals surface area contributed by atoms with E-state index in [4.69, 9.17) is 10.2 Å². The molecule has 0 aliphatic heterocycles. The molecule has 24 heavy (non-hydrogen) atoms. The number of amides is 3. The molecule has 0 spiro atoms. The fraction of sp³-hybridized carbons (Fsp3) is 0.333. The summed E-state index contributed by atoms with van der Waals surface area (Å²) in [4.78, 5) is 23.0. The predicted molar refractivity (Wildman–Crippen MR) is 91.7 cm³/mol. The van der Waals surface area contributed by atoms with Gasteiger partial charge >= 0.3 is 6.03 Å². The van der Waals surface area contributed by atoms with Gasteiger partial charge in [0.1, 0.15) is 5.76 Å². The van der Waals surface area contributed by atoms with E-state index in [0.717, 1.165) is 24.2 Å². The van der Waals surface area contributed by atoms with E-state index >= 15 is 0 Å². The summed E-state index contributed by atoms with van der Waals surface area (Å²) in [5.41, 5.74) is 6.68. The lowest BCUT2D eigenvalue weighted by Gasteiger charge is -2.14. The Morgan fingerprint density at radius 3 is 2.75 bits per heavy atom. The zero-order chi connectivity index (χ0) is 17.4. The molecule has 6 nitrogen and oxygen atoms in total. The number of hydrogen-bond acceptors (Lipinski definition) is 3. The summed E-state index contributed by atoms with van der Waals surface area (Å²) in [6, 6.07) is 10.7. The first-order chi connectivity index (χ1) is 11.5. The molecule has 1 aromatic heterocycles. The normalized spacial score (nSPS) is 11.7. The highest BCUT2D eigenvalue weighted by molar-refractivity contribution is 5.92. The second-order valence-electron chi connectivity index (χ2n) is 5.73. The predicted octanol–water partition coefficient (Wildman–Crippen LogP) is 2.24. The van der Waals surface area contributed by atoms with Gasteiger partial charge < -0.3 is 20.8 Å². The maximum absolute atomic E-state index is 11.9. The zero-order valence-electron chi connectivity index (χ0n) is 13.7. The molecular weight excluding hydrogens is 306 g/mol. The van der Waals surface area contributed by atoms with Gasteiger partial charge in [0.05, 0.1) is 6.26 Å². The summed E-state index contributed by atoms with van der Waals surface area (Å²) < 4.78 is 5.27. The molecule has 2 rings (SSSR count). The first kappa shape index (κ1) is 17.6. The summed E-state index contributed by atoms with van der Waals surface area (Å²) in [6.45, 7) is 2.44. The van der Waals surface area contributed by atoms with Crippen molar-refractivity contribution in [2.75, 3.05) is 6.54 Å². The minimum atomic E-state index is -0.451. The van der Waals surface area contributed by atoms with Crippen LogP contribution in [0.25, 0.3) is 0 Å². The number of carbonyl (C=O) groups is 2. The summed E-state index contributed by atoms with van der Waals surface area (Å²) in [5, 5.41) is 5.71. The molecule has 1 aromatic carbocycles. The third-order valence-electron chi connectivity index (χ3n) is 3.69. The fourth-order valence-electron chi connectivity index (χ4n) is 2.36. The van der Waals surface area contributed by atoms with E-state index in [1.54, 1.807) is 24.5 Å². The quantitative estimate of drug-likeness (QED) is 0.693. The standard InChI is InChI=1S/C18H23N3O3/c1-13(7-8-16-6-3-11-24-16)21-18(23)20-10-9-14-4-2-5-15(12-14)17(19)22/h2-6,11-13H,7-10H2,1H3,(H2,19,22)(H2,20,21,23)/t13-/m0/s1. The molecule has 1 heterocycles. The second-order valence-corrected chi connectivity index (χ2v) is 5.73. The summed E-state index contributed by atoms with van der Waals surface area (Å²) in [7, 11) is 0. The van der Waals surface area contributed by atoms with Crippen molar-refractivity contribution >= 4 is 11.9 Å². The topological polar surface area (TPSA) is 97.4 Å². The van der Waals surface area contributed by atoms with E-state index in [2.05, 4.69) is 10.6 Å². The molecule has 0 radical (unpaired) electrons. The smallest absolute Gasteiger partial charge is 0.315 e. The molecule has 0 aliphatic rings. The molecule has 3 amide bonds. The number of aryl methyl sites for hydroxylation is 1. The van der Waals surface area contributed by atoms with Crippen molar-refractivity contribution in [3.05, 3.63) is 59.5 Å². The lowest BCUT2D eigenvalue weighted by atomic mass is 10.1. The third-order valence-corrected chi connectivity index (χ3v) is 3.69. The van der Waals surface area contributed by atoms with Gasteiger partial charge in [0, 0.05) is 24.6 Å². The molecule has 4 N–H and O–H groups in total. The molecule has 128 valence electrons. The minimum Gasteiger partial charge on any atom is -0.469 e. The fourth-order valence-corrected chi connectivity index (χ4v) is 2.36. The molecule has 0 bridgehead atoms. The van der Waals surface area contributed by atoms with Gasteiger partial charge in [-0.2, -0.15) is 0 Å². The Kier molecular flexibility index (Phi) is 6.42. The molecule has 2 aromatic rings. The first-order valence-electron chi connectivity index (χ1n) is 8.00. The lowest BCUT2D eigenvalue weighted by molar-refractivity contribution is 0.1000. The van der Waals surface area contributed by atoms with Crippen LogP contribution in [0.2, 0.25) is 0 Å². The molecule has 1 atom stereocenters. The van der Waals surface area contributed by atoms with Crippen molar-refractivity contribution in [2.45, 2.75) is 32.2 Å². The van der Waals surface area contributed by atoms with Gasteiger partial charge in [-0.1, -0.05) is 12.1 Å². The van der Waals surface area contributed by atoms with E-state index in [0.29, 0.717) is 18.5 Å². The summed E-state index contributed by atoms with van der Waals surface area (Å²) in [5.74, 6) is 0.464. The van der Waals surface area contributed by atoms with Crippen LogP contribution in [-0.2, 0) is 12.8 Å². The number of rotatable bonds is 8. The average Bonchev–Trinajstić information content (AvgIpc) is 3.06. The first-order valence-corrected chi connectivity index (χ1v) is 8.00. The van der Waals surface area contributed by atoms with Gasteiger partial charge in [0.15, 0.2) is 0 Å². The number of hydrogen-bond donors (Lipinski definition) is 3. The molecule has 0 fully saturated rings. The van der Waals surface area contributed by atoms with Crippen LogP contribution in [0.5, 0.6) is 0 Å². The van der Waals surface area contributed by atoms with Gasteiger partial charge in [-0.15, -0.1) is 0 Å². The van der Waals surface area contributed by atoms with Crippen LogP contribution in [0.4, 0.5) is 4.79 Å². The van der Waals surface area contributed by atoms with E-state index in [1.807, 2.05) is 25.1 Å². The zero-order valence-corrected chi connectivity index (χ0v) is 13.7. The Bertz CT molecular complexity index is 668. The van der Waals surface area contributed by atoms with Crippen LogP contribution in [0, 0.1) is 0 Å². The minimum absolute atomic E-state index is 0.0493. The average molecular weight is 329 g/mol. The van der Waals surface area contributed by atoms with Crippen LogP contribution < -0.4 is 16.4 Å². The number of nitrogens with one attached hydrogen (secondary N) is 2. The van der Waals surface area contributed by atoms with Gasteiger partial charge in [0.2, 0.25) is 5.91 Å². The largest absolute Gasteiger partial charge is 0.469 e. The number of primary amides is 1. The van der Waals surface area contributed by atoms with Crippen LogP contribution in [0.15, 0.2) is 47.1 Å². The lowest BCUT2D eigenvalue weighted by Crippen LogP contribution is -2.41. The number of furan rings is 1. The van der Waals surface area contributed by atoms with Crippen LogP contribution in [-0.4, -0.2) is 24.5 Å². The van der Waals surface area contributed by atoms with Crippen molar-refractivity contribution in [1.82, 2.24) is 10.6 Å². The van der Waals surface area contributed by atoms with Gasteiger partial charge in [-0.3, -0.25) is 4.79 Å². The van der Waals surface area contributed by atoms with Gasteiger partial charge in [-0.25, -0.2) is 4.79 Å². The van der Waals surface area contributed by atoms with E-state index < -0.39 is 5.91 Å². The Morgan fingerprint density at radius 1 is 1.21 bits per heavy atom. The van der Waals surface area contributed by atoms with Crippen molar-refractivity contribution in [3.8, 4) is 0 Å². The maximum Gasteiger partial charge on any atom is 0.315 e. The van der Waals surface area contributed by atoms with E-state index in [-0.39, 0.29) is 12.1 Å². The Morgan fingerprint density at radius 2 is 2.04 bits per heavy atom. The second kappa shape index (κ2) is 8.76. The highest BCUT2D eigenvalue weighted by atomic mass is 16.3. The molecule has 0 unspecified atom stereocenters. The van der Waals surface area contributed by atoms with E-state index in [1.165, 1.54) is 0 Å². The Labute approximate surface area is 141 Å². The molecule has 0 aliphatic carbocycles. The molecular formula is C18H23N3O3. The third kappa shape index (κ3) is 5.79. The monoisotopic (exact) mass is 329 g/mol. The summed E-state index contributed by atoms with van der Waals surface area (Å²) >= 11 is 0. The maximum atomic E-state index is 11.9. The van der Waals surface area contributed by atoms with E-state index in [9.17, 15) is 9.59 Å².